The van der Waals surface area contributed by atoms with E-state index in [0.717, 1.165) is 35.0 Å². The van der Waals surface area contributed by atoms with Gasteiger partial charge in [-0.25, -0.2) is 0 Å². The van der Waals surface area contributed by atoms with E-state index in [2.05, 4.69) is 256 Å². The average Bonchev–Trinajstić information content (AvgIpc) is 3.69. The number of benzene rings is 7. The molecule has 5 aliphatic rings. The minimum Gasteiger partial charge on any atom is -0.453 e. The molecular formula is C64H68BN3OS. The molecular weight excluding hydrogens is 870 g/mol. The summed E-state index contributed by atoms with van der Waals surface area (Å²) >= 11 is 2.07. The zero-order valence-corrected chi connectivity index (χ0v) is 44.4. The Morgan fingerprint density at radius 2 is 1.00 bits per heavy atom. The van der Waals surface area contributed by atoms with Crippen molar-refractivity contribution in [1.82, 2.24) is 0 Å². The Kier molecular flexibility index (Phi) is 9.92. The fourth-order valence-electron chi connectivity index (χ4n) is 12.4. The first-order valence-electron chi connectivity index (χ1n) is 25.7. The van der Waals surface area contributed by atoms with Crippen LogP contribution in [0.2, 0.25) is 0 Å². The second-order valence-corrected chi connectivity index (χ2v) is 26.5. The van der Waals surface area contributed by atoms with Gasteiger partial charge in [0.1, 0.15) is 0 Å². The number of hydrogen-bond donors (Lipinski definition) is 0. The van der Waals surface area contributed by atoms with E-state index in [1.165, 1.54) is 84.1 Å². The Labute approximate surface area is 422 Å². The highest BCUT2D eigenvalue weighted by molar-refractivity contribution is 8.00. The van der Waals surface area contributed by atoms with Crippen LogP contribution in [0, 0.1) is 0 Å². The summed E-state index contributed by atoms with van der Waals surface area (Å²) in [5.74, 6) is 1.88. The topological polar surface area (TPSA) is 19.0 Å². The molecule has 0 aromatic heterocycles. The first kappa shape index (κ1) is 45.3. The van der Waals surface area contributed by atoms with Crippen LogP contribution < -0.4 is 30.4 Å². The van der Waals surface area contributed by atoms with Crippen LogP contribution in [0.4, 0.5) is 45.5 Å². The minimum atomic E-state index is 0.00675. The van der Waals surface area contributed by atoms with Crippen LogP contribution in [0.3, 0.4) is 0 Å². The summed E-state index contributed by atoms with van der Waals surface area (Å²) in [5, 5.41) is 0.0986. The highest BCUT2D eigenvalue weighted by Gasteiger charge is 2.55. The summed E-state index contributed by atoms with van der Waals surface area (Å²) in [6.07, 6.45) is 2.32. The lowest BCUT2D eigenvalue weighted by molar-refractivity contribution is 0.332. The smallest absolute Gasteiger partial charge is 0.228 e. The van der Waals surface area contributed by atoms with Crippen LogP contribution in [-0.2, 0) is 27.1 Å². The van der Waals surface area contributed by atoms with Gasteiger partial charge in [-0.1, -0.05) is 157 Å². The van der Waals surface area contributed by atoms with E-state index >= 15 is 0 Å². The third-order valence-corrected chi connectivity index (χ3v) is 18.0. The molecule has 70 heavy (non-hydrogen) atoms. The van der Waals surface area contributed by atoms with E-state index in [0.29, 0.717) is 0 Å². The minimum absolute atomic E-state index is 0.00675. The van der Waals surface area contributed by atoms with Crippen LogP contribution >= 0.6 is 11.8 Å². The monoisotopic (exact) mass is 938 g/mol. The van der Waals surface area contributed by atoms with Gasteiger partial charge in [0.15, 0.2) is 11.5 Å². The maximum atomic E-state index is 6.68. The molecule has 0 radical (unpaired) electrons. The van der Waals surface area contributed by atoms with Crippen molar-refractivity contribution in [3.63, 3.8) is 0 Å². The van der Waals surface area contributed by atoms with Gasteiger partial charge >= 0.3 is 0 Å². The van der Waals surface area contributed by atoms with Crippen LogP contribution in [0.15, 0.2) is 144 Å². The Bertz CT molecular complexity index is 3210. The summed E-state index contributed by atoms with van der Waals surface area (Å²) in [5.41, 5.74) is 20.9. The van der Waals surface area contributed by atoms with E-state index in [9.17, 15) is 0 Å². The number of rotatable bonds is 3. The largest absolute Gasteiger partial charge is 0.453 e. The van der Waals surface area contributed by atoms with Gasteiger partial charge in [-0.2, -0.15) is 0 Å². The number of fused-ring (bicyclic) bond motifs is 9. The van der Waals surface area contributed by atoms with Crippen LogP contribution in [0.5, 0.6) is 11.5 Å². The van der Waals surface area contributed by atoms with Gasteiger partial charge < -0.3 is 19.4 Å². The quantitative estimate of drug-likeness (QED) is 0.164. The molecule has 0 saturated carbocycles. The molecule has 4 heterocycles. The predicted molar refractivity (Wildman–Crippen MR) is 300 cm³/mol. The molecule has 2 atom stereocenters. The van der Waals surface area contributed by atoms with Crippen LogP contribution in [0.25, 0.3) is 0 Å². The molecule has 2 unspecified atom stereocenters. The van der Waals surface area contributed by atoms with Crippen molar-refractivity contribution in [2.24, 2.45) is 0 Å². The van der Waals surface area contributed by atoms with Gasteiger partial charge in [0.2, 0.25) is 6.71 Å². The molecule has 6 heteroatoms. The van der Waals surface area contributed by atoms with Crippen LogP contribution in [-0.4, -0.2) is 12.1 Å². The molecule has 4 nitrogen and oxygen atoms in total. The SMILES string of the molecule is CC(C)(C)c1ccc(N2c3cc4c(cc3B3c5c2cc(N2c6ccccc6Oc6ccccc62)cc5N(c2ccc(C(C)(C)C)cc2)C2Sc5ccc(C(C)(C)C)cc5C32)C(C)(C)CCC4(C)C)cc1. The third-order valence-electron chi connectivity index (χ3n) is 16.6. The Morgan fingerprint density at radius 3 is 1.57 bits per heavy atom. The molecule has 12 rings (SSSR count). The van der Waals surface area contributed by atoms with Crippen molar-refractivity contribution in [1.29, 1.82) is 0 Å². The lowest BCUT2D eigenvalue weighted by Gasteiger charge is -2.50. The summed E-state index contributed by atoms with van der Waals surface area (Å²) in [7, 11) is 0. The normalized spacial score (nSPS) is 19.3. The van der Waals surface area contributed by atoms with Crippen molar-refractivity contribution < 1.29 is 4.74 Å². The van der Waals surface area contributed by atoms with Crippen molar-refractivity contribution in [2.45, 2.75) is 146 Å². The maximum Gasteiger partial charge on any atom is 0.228 e. The van der Waals surface area contributed by atoms with Gasteiger partial charge in [-0.15, -0.1) is 11.8 Å². The molecule has 0 amide bonds. The van der Waals surface area contributed by atoms with Gasteiger partial charge in [0.25, 0.3) is 0 Å². The standard InChI is InChI=1S/C64H68BN3OS/c1-60(2,3)39-22-27-42(28-23-39)66-51-38-47-46(63(10,11)32-33-64(47,12)13)37-48(51)65-57-45-34-41(62(7,8)9)26-31-56(45)70-59(57)68(43-29-24-40(25-30-43)61(4,5)6)53-36-44(35-52(66)58(53)65)67-49-18-14-16-20-54(49)69-55-21-17-15-19-50(55)67/h14-31,34-38,57,59H,32-33H2,1-13H3. The first-order valence-corrected chi connectivity index (χ1v) is 26.6. The molecule has 0 bridgehead atoms. The van der Waals surface area contributed by atoms with Gasteiger partial charge in [0, 0.05) is 39.1 Å². The van der Waals surface area contributed by atoms with Crippen molar-refractivity contribution in [3.05, 3.63) is 173 Å². The molecule has 7 aromatic carbocycles. The fourth-order valence-corrected chi connectivity index (χ4v) is 13.9. The second kappa shape index (κ2) is 15.3. The Hall–Kier alpha value is -5.85. The lowest BCUT2D eigenvalue weighted by atomic mass is 9.29. The van der Waals surface area contributed by atoms with E-state index in [4.69, 9.17) is 4.74 Å². The van der Waals surface area contributed by atoms with E-state index < -0.39 is 0 Å². The highest BCUT2D eigenvalue weighted by Crippen LogP contribution is 2.60. The maximum absolute atomic E-state index is 6.68. The zero-order chi connectivity index (χ0) is 49.0. The molecule has 7 aromatic rings. The number of anilines is 8. The number of nitrogens with zero attached hydrogens (tertiary/aromatic N) is 3. The fraction of sp³-hybridized carbons (Fsp3) is 0.344. The average molecular weight is 938 g/mol. The predicted octanol–water partition coefficient (Wildman–Crippen LogP) is 16.8. The van der Waals surface area contributed by atoms with E-state index in [1.54, 1.807) is 0 Å². The highest BCUT2D eigenvalue weighted by atomic mass is 32.2. The molecule has 354 valence electrons. The summed E-state index contributed by atoms with van der Waals surface area (Å²) in [6, 6.07) is 54.0. The molecule has 1 aliphatic carbocycles. The molecule has 0 saturated heterocycles. The van der Waals surface area contributed by atoms with Crippen molar-refractivity contribution in [3.8, 4) is 11.5 Å². The summed E-state index contributed by atoms with van der Waals surface area (Å²) < 4.78 is 6.68. The molecule has 0 N–H and O–H groups in total. The molecule has 0 fully saturated rings. The molecule has 4 aliphatic heterocycles. The van der Waals surface area contributed by atoms with Crippen molar-refractivity contribution in [2.75, 3.05) is 14.7 Å². The third kappa shape index (κ3) is 7.01. The zero-order valence-electron chi connectivity index (χ0n) is 43.6. The number of ether oxygens (including phenoxy) is 1. The van der Waals surface area contributed by atoms with Crippen molar-refractivity contribution >= 4 is 74.9 Å². The summed E-state index contributed by atoms with van der Waals surface area (Å²) in [6.45, 7) is 31.0. The lowest BCUT2D eigenvalue weighted by Crippen LogP contribution is -2.62. The van der Waals surface area contributed by atoms with Gasteiger partial charge in [-0.3, -0.25) is 0 Å². The first-order chi connectivity index (χ1) is 33.1. The van der Waals surface area contributed by atoms with Crippen LogP contribution in [0.1, 0.15) is 142 Å². The van der Waals surface area contributed by atoms with E-state index in [-0.39, 0.29) is 45.0 Å². The summed E-state index contributed by atoms with van der Waals surface area (Å²) in [4.78, 5) is 9.25. The number of hydrogen-bond acceptors (Lipinski definition) is 5. The Balaban J connectivity index is 1.22. The van der Waals surface area contributed by atoms with Gasteiger partial charge in [-0.05, 0) is 157 Å². The number of para-hydroxylation sites is 4. The second-order valence-electron chi connectivity index (χ2n) is 25.3. The number of thioether (sulfide) groups is 1. The van der Waals surface area contributed by atoms with E-state index in [1.807, 2.05) is 0 Å². The Morgan fingerprint density at radius 1 is 0.500 bits per heavy atom. The van der Waals surface area contributed by atoms with Gasteiger partial charge in [0.05, 0.1) is 22.4 Å². The molecule has 0 spiro atoms.